The molecule has 0 aromatic heterocycles. The summed E-state index contributed by atoms with van der Waals surface area (Å²) in [6.07, 6.45) is 2.91. The second-order valence-electron chi connectivity index (χ2n) is 4.61. The summed E-state index contributed by atoms with van der Waals surface area (Å²) in [5.41, 5.74) is -0.303. The van der Waals surface area contributed by atoms with Crippen LogP contribution in [0.5, 0.6) is 0 Å². The van der Waals surface area contributed by atoms with Gasteiger partial charge >= 0.3 is 0 Å². The highest BCUT2D eigenvalue weighted by molar-refractivity contribution is 5.81. The number of carbonyl (C=O) groups is 1. The van der Waals surface area contributed by atoms with E-state index in [-0.39, 0.29) is 17.9 Å². The zero-order valence-corrected chi connectivity index (χ0v) is 10.5. The maximum absolute atomic E-state index is 12.1. The van der Waals surface area contributed by atoms with Crippen LogP contribution in [0.1, 0.15) is 47.0 Å². The van der Waals surface area contributed by atoms with E-state index in [9.17, 15) is 4.79 Å². The highest BCUT2D eigenvalue weighted by Gasteiger charge is 2.29. The number of hydrogen-bond acceptors (Lipinski definition) is 2. The van der Waals surface area contributed by atoms with Crippen molar-refractivity contribution in [3.63, 3.8) is 0 Å². The minimum absolute atomic E-state index is 0.0508. The molecule has 3 heteroatoms. The minimum Gasteiger partial charge on any atom is -0.395 e. The minimum atomic E-state index is -0.303. The highest BCUT2D eigenvalue weighted by atomic mass is 16.3. The molecule has 0 atom stereocenters. The molecule has 90 valence electrons. The van der Waals surface area contributed by atoms with Crippen molar-refractivity contribution in [3.05, 3.63) is 0 Å². The number of nitrogens with zero attached hydrogens (tertiary/aromatic N) is 1. The van der Waals surface area contributed by atoms with Crippen molar-refractivity contribution in [1.82, 2.24) is 4.90 Å². The van der Waals surface area contributed by atoms with E-state index in [1.165, 1.54) is 0 Å². The van der Waals surface area contributed by atoms with Crippen LogP contribution in [0.2, 0.25) is 0 Å². The monoisotopic (exact) mass is 215 g/mol. The van der Waals surface area contributed by atoms with E-state index in [1.54, 1.807) is 4.90 Å². The summed E-state index contributed by atoms with van der Waals surface area (Å²) in [6.45, 7) is 9.33. The van der Waals surface area contributed by atoms with Crippen molar-refractivity contribution in [2.75, 3.05) is 19.7 Å². The zero-order valence-electron chi connectivity index (χ0n) is 10.5. The second kappa shape index (κ2) is 6.83. The molecule has 0 aromatic carbocycles. The molecule has 0 aliphatic heterocycles. The first-order chi connectivity index (χ1) is 6.99. The third-order valence-electron chi connectivity index (χ3n) is 2.90. The Hall–Kier alpha value is -0.570. The average Bonchev–Trinajstić information content (AvgIpc) is 2.23. The van der Waals surface area contributed by atoms with Crippen molar-refractivity contribution in [2.45, 2.75) is 47.0 Å². The fourth-order valence-corrected chi connectivity index (χ4v) is 1.36. The van der Waals surface area contributed by atoms with Gasteiger partial charge in [0.05, 0.1) is 6.61 Å². The predicted molar refractivity (Wildman–Crippen MR) is 62.6 cm³/mol. The van der Waals surface area contributed by atoms with Gasteiger partial charge < -0.3 is 10.0 Å². The van der Waals surface area contributed by atoms with E-state index in [0.717, 1.165) is 25.8 Å². The molecule has 0 fully saturated rings. The molecule has 0 saturated heterocycles. The molecule has 15 heavy (non-hydrogen) atoms. The summed E-state index contributed by atoms with van der Waals surface area (Å²) in [7, 11) is 0. The van der Waals surface area contributed by atoms with E-state index in [0.29, 0.717) is 6.54 Å². The summed E-state index contributed by atoms with van der Waals surface area (Å²) in [5, 5.41) is 8.93. The molecule has 0 aromatic rings. The van der Waals surface area contributed by atoms with Crippen LogP contribution in [0, 0.1) is 5.41 Å². The first-order valence-corrected chi connectivity index (χ1v) is 5.89. The predicted octanol–water partition coefficient (Wildman–Crippen LogP) is 2.04. The molecule has 0 aliphatic rings. The molecule has 0 unspecified atom stereocenters. The van der Waals surface area contributed by atoms with Gasteiger partial charge in [-0.2, -0.15) is 0 Å². The molecule has 0 rings (SSSR count). The van der Waals surface area contributed by atoms with Crippen LogP contribution >= 0.6 is 0 Å². The summed E-state index contributed by atoms with van der Waals surface area (Å²) in [4.78, 5) is 13.9. The molecule has 0 spiro atoms. The maximum atomic E-state index is 12.1. The Balaban J connectivity index is 4.40. The van der Waals surface area contributed by atoms with Crippen molar-refractivity contribution in [2.24, 2.45) is 5.41 Å². The van der Waals surface area contributed by atoms with Gasteiger partial charge in [-0.05, 0) is 12.8 Å². The number of aliphatic hydroxyl groups excluding tert-OH is 1. The molecule has 3 nitrogen and oxygen atoms in total. The lowest BCUT2D eigenvalue weighted by Gasteiger charge is -2.30. The first-order valence-electron chi connectivity index (χ1n) is 5.89. The van der Waals surface area contributed by atoms with Gasteiger partial charge in [-0.15, -0.1) is 0 Å². The fraction of sp³-hybridized carbons (Fsp3) is 0.917. The zero-order chi connectivity index (χ0) is 11.9. The number of carbonyl (C=O) groups excluding carboxylic acids is 1. The van der Waals surface area contributed by atoms with Crippen LogP contribution in [-0.2, 0) is 4.79 Å². The number of unbranched alkanes of at least 4 members (excludes halogenated alkanes) is 1. The van der Waals surface area contributed by atoms with Gasteiger partial charge in [-0.3, -0.25) is 4.79 Å². The Kier molecular flexibility index (Phi) is 6.57. The number of hydrogen-bond donors (Lipinski definition) is 1. The van der Waals surface area contributed by atoms with Crippen LogP contribution in [0.4, 0.5) is 0 Å². The molecular formula is C12H25NO2. The third-order valence-corrected chi connectivity index (χ3v) is 2.90. The van der Waals surface area contributed by atoms with Crippen molar-refractivity contribution < 1.29 is 9.90 Å². The van der Waals surface area contributed by atoms with Gasteiger partial charge in [-0.1, -0.05) is 34.1 Å². The van der Waals surface area contributed by atoms with Crippen LogP contribution in [0.25, 0.3) is 0 Å². The van der Waals surface area contributed by atoms with Gasteiger partial charge in [0.2, 0.25) is 5.91 Å². The summed E-state index contributed by atoms with van der Waals surface area (Å²) in [5.74, 6) is 0.160. The fourth-order valence-electron chi connectivity index (χ4n) is 1.36. The normalized spacial score (nSPS) is 11.5. The van der Waals surface area contributed by atoms with Crippen molar-refractivity contribution >= 4 is 5.91 Å². The largest absolute Gasteiger partial charge is 0.395 e. The van der Waals surface area contributed by atoms with Gasteiger partial charge in [0, 0.05) is 18.5 Å². The Morgan fingerprint density at radius 3 is 2.27 bits per heavy atom. The molecular weight excluding hydrogens is 190 g/mol. The van der Waals surface area contributed by atoms with Gasteiger partial charge in [-0.25, -0.2) is 0 Å². The number of amides is 1. The Labute approximate surface area is 93.5 Å². The van der Waals surface area contributed by atoms with Crippen LogP contribution in [0.3, 0.4) is 0 Å². The van der Waals surface area contributed by atoms with Gasteiger partial charge in [0.1, 0.15) is 0 Å². The SMILES string of the molecule is CCCCN(CCO)C(=O)C(C)(C)CC. The molecule has 0 aliphatic carbocycles. The quantitative estimate of drug-likeness (QED) is 0.706. The smallest absolute Gasteiger partial charge is 0.228 e. The maximum Gasteiger partial charge on any atom is 0.228 e. The lowest BCUT2D eigenvalue weighted by atomic mass is 9.88. The summed E-state index contributed by atoms with van der Waals surface area (Å²) in [6, 6.07) is 0. The van der Waals surface area contributed by atoms with E-state index < -0.39 is 0 Å². The topological polar surface area (TPSA) is 40.5 Å². The number of rotatable bonds is 7. The first kappa shape index (κ1) is 14.4. The molecule has 0 bridgehead atoms. The van der Waals surface area contributed by atoms with Gasteiger partial charge in [0.25, 0.3) is 0 Å². The highest BCUT2D eigenvalue weighted by Crippen LogP contribution is 2.23. The Bertz CT molecular complexity index is 190. The van der Waals surface area contributed by atoms with Gasteiger partial charge in [0.15, 0.2) is 0 Å². The Morgan fingerprint density at radius 1 is 1.27 bits per heavy atom. The van der Waals surface area contributed by atoms with E-state index in [1.807, 2.05) is 20.8 Å². The van der Waals surface area contributed by atoms with E-state index in [2.05, 4.69) is 6.92 Å². The van der Waals surface area contributed by atoms with Crippen LogP contribution in [-0.4, -0.2) is 35.6 Å². The second-order valence-corrected chi connectivity index (χ2v) is 4.61. The lowest BCUT2D eigenvalue weighted by Crippen LogP contribution is -2.42. The molecule has 1 N–H and O–H groups in total. The van der Waals surface area contributed by atoms with E-state index >= 15 is 0 Å². The van der Waals surface area contributed by atoms with Crippen molar-refractivity contribution in [1.29, 1.82) is 0 Å². The molecule has 0 radical (unpaired) electrons. The summed E-state index contributed by atoms with van der Waals surface area (Å²) >= 11 is 0. The van der Waals surface area contributed by atoms with Crippen LogP contribution < -0.4 is 0 Å². The molecule has 1 amide bonds. The standard InChI is InChI=1S/C12H25NO2/c1-5-7-8-13(9-10-14)11(15)12(3,4)6-2/h14H,5-10H2,1-4H3. The average molecular weight is 215 g/mol. The Morgan fingerprint density at radius 2 is 1.87 bits per heavy atom. The van der Waals surface area contributed by atoms with Crippen LogP contribution in [0.15, 0.2) is 0 Å². The lowest BCUT2D eigenvalue weighted by molar-refractivity contribution is -0.141. The number of aliphatic hydroxyl groups is 1. The van der Waals surface area contributed by atoms with Crippen molar-refractivity contribution in [3.8, 4) is 0 Å². The molecule has 0 saturated carbocycles. The third kappa shape index (κ3) is 4.65. The summed E-state index contributed by atoms with van der Waals surface area (Å²) < 4.78 is 0. The molecule has 0 heterocycles. The van der Waals surface area contributed by atoms with E-state index in [4.69, 9.17) is 5.11 Å².